The van der Waals surface area contributed by atoms with Crippen LogP contribution in [0.4, 0.5) is 0 Å². The van der Waals surface area contributed by atoms with Crippen molar-refractivity contribution in [3.63, 3.8) is 0 Å². The maximum Gasteiger partial charge on any atom is 0.0767 e. The van der Waals surface area contributed by atoms with E-state index in [-0.39, 0.29) is 0 Å². The number of benzene rings is 1. The van der Waals surface area contributed by atoms with E-state index < -0.39 is 0 Å². The lowest BCUT2D eigenvalue weighted by atomic mass is 10.2. The van der Waals surface area contributed by atoms with Gasteiger partial charge in [-0.2, -0.15) is 5.10 Å². The van der Waals surface area contributed by atoms with Crippen LogP contribution in [0, 0.1) is 6.92 Å². The largest absolute Gasteiger partial charge is 0.268 e. The van der Waals surface area contributed by atoms with Gasteiger partial charge in [0.05, 0.1) is 15.9 Å². The van der Waals surface area contributed by atoms with Gasteiger partial charge in [-0.25, -0.2) is 0 Å². The molecular weight excluding hydrogens is 320 g/mol. The minimum atomic E-state index is 0.919. The number of hydrogen-bond donors (Lipinski definition) is 0. The summed E-state index contributed by atoms with van der Waals surface area (Å²) in [5.74, 6) is 0.949. The van der Waals surface area contributed by atoms with Crippen LogP contribution >= 0.6 is 27.7 Å². The Morgan fingerprint density at radius 2 is 2.11 bits per heavy atom. The van der Waals surface area contributed by atoms with Gasteiger partial charge < -0.3 is 0 Å². The van der Waals surface area contributed by atoms with Crippen LogP contribution in [0.2, 0.25) is 0 Å². The zero-order valence-electron chi connectivity index (χ0n) is 11.6. The first kappa shape index (κ1) is 14.7. The van der Waals surface area contributed by atoms with E-state index in [1.807, 2.05) is 11.8 Å². The lowest BCUT2D eigenvalue weighted by Gasteiger charge is -2.06. The predicted octanol–water partition coefficient (Wildman–Crippen LogP) is 4.83. The summed E-state index contributed by atoms with van der Waals surface area (Å²) in [6.07, 6.45) is 0.968. The molecule has 1 aromatic carbocycles. The second kappa shape index (κ2) is 6.62. The highest BCUT2D eigenvalue weighted by Crippen LogP contribution is 2.29. The van der Waals surface area contributed by atoms with Gasteiger partial charge in [0.2, 0.25) is 0 Å². The van der Waals surface area contributed by atoms with Crippen LogP contribution in [0.15, 0.2) is 33.6 Å². The zero-order valence-corrected chi connectivity index (χ0v) is 14.0. The van der Waals surface area contributed by atoms with Gasteiger partial charge in [-0.05, 0) is 48.3 Å². The van der Waals surface area contributed by atoms with E-state index in [1.54, 1.807) is 0 Å². The topological polar surface area (TPSA) is 17.8 Å². The molecule has 1 aromatic heterocycles. The Labute approximate surface area is 127 Å². The third-order valence-corrected chi connectivity index (χ3v) is 4.98. The Morgan fingerprint density at radius 3 is 2.74 bits per heavy atom. The second-order valence-electron chi connectivity index (χ2n) is 4.48. The normalized spacial score (nSPS) is 10.9. The molecule has 0 saturated heterocycles. The fraction of sp³-hybridized carbons (Fsp3) is 0.400. The number of aryl methyl sites for hydroxylation is 3. The molecule has 0 fully saturated rings. The average molecular weight is 339 g/mol. The monoisotopic (exact) mass is 338 g/mol. The summed E-state index contributed by atoms with van der Waals surface area (Å²) in [5, 5.41) is 4.63. The molecule has 0 N–H and O–H groups in total. The van der Waals surface area contributed by atoms with Gasteiger partial charge in [0.15, 0.2) is 0 Å². The molecule has 0 unspecified atom stereocenters. The molecule has 0 radical (unpaired) electrons. The summed E-state index contributed by atoms with van der Waals surface area (Å²) < 4.78 is 3.28. The minimum absolute atomic E-state index is 0.919. The number of thioether (sulfide) groups is 1. The van der Waals surface area contributed by atoms with Crippen LogP contribution in [-0.4, -0.2) is 9.78 Å². The van der Waals surface area contributed by atoms with Gasteiger partial charge >= 0.3 is 0 Å². The maximum absolute atomic E-state index is 4.63. The molecule has 2 nitrogen and oxygen atoms in total. The van der Waals surface area contributed by atoms with E-state index in [1.165, 1.54) is 20.6 Å². The zero-order chi connectivity index (χ0) is 13.8. The van der Waals surface area contributed by atoms with E-state index in [0.29, 0.717) is 0 Å². The lowest BCUT2D eigenvalue weighted by Crippen LogP contribution is -2.01. The highest BCUT2D eigenvalue weighted by Gasteiger charge is 2.13. The van der Waals surface area contributed by atoms with E-state index in [2.05, 4.69) is 70.7 Å². The van der Waals surface area contributed by atoms with Crippen molar-refractivity contribution in [1.29, 1.82) is 0 Å². The van der Waals surface area contributed by atoms with Crippen LogP contribution in [0.25, 0.3) is 0 Å². The van der Waals surface area contributed by atoms with Crippen molar-refractivity contribution in [2.75, 3.05) is 0 Å². The van der Waals surface area contributed by atoms with Gasteiger partial charge in [0, 0.05) is 17.2 Å². The Bertz CT molecular complexity index is 563. The molecule has 102 valence electrons. The van der Waals surface area contributed by atoms with E-state index in [0.717, 1.165) is 24.4 Å². The summed E-state index contributed by atoms with van der Waals surface area (Å²) in [4.78, 5) is 1.31. The first-order valence-electron chi connectivity index (χ1n) is 6.59. The highest BCUT2D eigenvalue weighted by atomic mass is 79.9. The third-order valence-electron chi connectivity index (χ3n) is 3.06. The summed E-state index contributed by atoms with van der Waals surface area (Å²) in [5.41, 5.74) is 3.75. The van der Waals surface area contributed by atoms with Gasteiger partial charge in [-0.1, -0.05) is 24.6 Å². The Morgan fingerprint density at radius 1 is 1.32 bits per heavy atom. The number of hydrogen-bond acceptors (Lipinski definition) is 2. The molecule has 0 aliphatic rings. The number of halogens is 1. The lowest BCUT2D eigenvalue weighted by molar-refractivity contribution is 0.627. The van der Waals surface area contributed by atoms with Gasteiger partial charge in [-0.3, -0.25) is 4.68 Å². The second-order valence-corrected chi connectivity index (χ2v) is 6.32. The fourth-order valence-corrected chi connectivity index (χ4v) is 3.94. The number of nitrogens with zero attached hydrogens (tertiary/aromatic N) is 2. The minimum Gasteiger partial charge on any atom is -0.268 e. The van der Waals surface area contributed by atoms with Crippen LogP contribution < -0.4 is 0 Å². The van der Waals surface area contributed by atoms with Crippen LogP contribution in [0.5, 0.6) is 0 Å². The molecule has 0 aliphatic heterocycles. The van der Waals surface area contributed by atoms with Crippen molar-refractivity contribution in [2.24, 2.45) is 0 Å². The SMILES string of the molecule is CCc1nn(CC)c(CSc2cccc(C)c2)c1Br. The summed E-state index contributed by atoms with van der Waals surface area (Å²) in [6, 6.07) is 8.64. The average Bonchev–Trinajstić information content (AvgIpc) is 2.72. The van der Waals surface area contributed by atoms with Crippen LogP contribution in [0.1, 0.15) is 30.8 Å². The maximum atomic E-state index is 4.63. The molecular formula is C15H19BrN2S. The Hall–Kier alpha value is -0.740. The Balaban J connectivity index is 2.17. The molecule has 0 aliphatic carbocycles. The van der Waals surface area contributed by atoms with Gasteiger partial charge in [0.1, 0.15) is 0 Å². The van der Waals surface area contributed by atoms with Gasteiger partial charge in [0.25, 0.3) is 0 Å². The molecule has 2 rings (SSSR count). The number of aromatic nitrogens is 2. The van der Waals surface area contributed by atoms with Crippen molar-refractivity contribution in [3.05, 3.63) is 45.7 Å². The molecule has 0 amide bonds. The van der Waals surface area contributed by atoms with Crippen molar-refractivity contribution in [1.82, 2.24) is 9.78 Å². The van der Waals surface area contributed by atoms with E-state index >= 15 is 0 Å². The first-order chi connectivity index (χ1) is 9.15. The summed E-state index contributed by atoms with van der Waals surface area (Å²) >= 11 is 5.56. The highest BCUT2D eigenvalue weighted by molar-refractivity contribution is 9.10. The van der Waals surface area contributed by atoms with E-state index in [9.17, 15) is 0 Å². The smallest absolute Gasteiger partial charge is 0.0767 e. The first-order valence-corrected chi connectivity index (χ1v) is 8.37. The predicted molar refractivity (Wildman–Crippen MR) is 85.7 cm³/mol. The van der Waals surface area contributed by atoms with Crippen molar-refractivity contribution >= 4 is 27.7 Å². The molecule has 19 heavy (non-hydrogen) atoms. The van der Waals surface area contributed by atoms with E-state index in [4.69, 9.17) is 0 Å². The fourth-order valence-electron chi connectivity index (χ4n) is 2.01. The number of rotatable bonds is 5. The quantitative estimate of drug-likeness (QED) is 0.726. The van der Waals surface area contributed by atoms with Crippen LogP contribution in [0.3, 0.4) is 0 Å². The molecule has 0 saturated carbocycles. The molecule has 2 aromatic rings. The summed E-state index contributed by atoms with van der Waals surface area (Å²) in [6.45, 7) is 7.33. The molecule has 4 heteroatoms. The standard InChI is InChI=1S/C15H19BrN2S/c1-4-13-15(16)14(18(5-2)17-13)10-19-12-8-6-7-11(3)9-12/h6-9H,4-5,10H2,1-3H3. The van der Waals surface area contributed by atoms with Crippen LogP contribution in [-0.2, 0) is 18.7 Å². The summed E-state index contributed by atoms with van der Waals surface area (Å²) in [7, 11) is 0. The molecule has 0 spiro atoms. The van der Waals surface area contributed by atoms with Crippen molar-refractivity contribution in [2.45, 2.75) is 44.4 Å². The molecule has 0 bridgehead atoms. The van der Waals surface area contributed by atoms with Gasteiger partial charge in [-0.15, -0.1) is 11.8 Å². The third kappa shape index (κ3) is 3.42. The Kier molecular flexibility index (Phi) is 5.11. The molecule has 1 heterocycles. The molecule has 0 atom stereocenters. The van der Waals surface area contributed by atoms with Crippen molar-refractivity contribution in [3.8, 4) is 0 Å². The van der Waals surface area contributed by atoms with Crippen molar-refractivity contribution < 1.29 is 0 Å².